The van der Waals surface area contributed by atoms with Crippen LogP contribution in [0.4, 0.5) is 13.2 Å². The third kappa shape index (κ3) is 4.62. The van der Waals surface area contributed by atoms with Crippen LogP contribution in [0.25, 0.3) is 0 Å². The van der Waals surface area contributed by atoms with Crippen molar-refractivity contribution in [3.05, 3.63) is 29.8 Å². The Labute approximate surface area is 136 Å². The van der Waals surface area contributed by atoms with Gasteiger partial charge >= 0.3 is 12.3 Å². The summed E-state index contributed by atoms with van der Waals surface area (Å²) in [5.41, 5.74) is 0.0236. The molecular weight excluding hydrogens is 327 g/mol. The summed E-state index contributed by atoms with van der Waals surface area (Å²) in [4.78, 5) is 23.3. The van der Waals surface area contributed by atoms with Crippen LogP contribution in [-0.4, -0.2) is 29.4 Å². The van der Waals surface area contributed by atoms with E-state index in [0.29, 0.717) is 24.8 Å². The molecule has 0 radical (unpaired) electrons. The second-order valence-corrected chi connectivity index (χ2v) is 5.92. The Bertz CT molecular complexity index is 609. The lowest BCUT2D eigenvalue weighted by Crippen LogP contribution is -2.44. The Balaban J connectivity index is 1.99. The quantitative estimate of drug-likeness (QED) is 0.797. The fraction of sp³-hybridized carbons (Fsp3) is 0.500. The Hall–Kier alpha value is -2.25. The van der Waals surface area contributed by atoms with Crippen molar-refractivity contribution in [3.63, 3.8) is 0 Å². The molecule has 0 saturated heterocycles. The molecule has 132 valence electrons. The minimum atomic E-state index is -4.74. The molecule has 1 amide bonds. The zero-order chi connectivity index (χ0) is 18.0. The number of benzene rings is 1. The van der Waals surface area contributed by atoms with Crippen molar-refractivity contribution >= 4 is 11.9 Å². The summed E-state index contributed by atoms with van der Waals surface area (Å²) in [5.74, 6) is -1.74. The van der Waals surface area contributed by atoms with E-state index in [0.717, 1.165) is 0 Å². The summed E-state index contributed by atoms with van der Waals surface area (Å²) < 4.78 is 40.2. The summed E-state index contributed by atoms with van der Waals surface area (Å²) in [7, 11) is 0. The first-order valence-corrected chi connectivity index (χ1v) is 7.54. The molecule has 1 aromatic carbocycles. The van der Waals surface area contributed by atoms with Gasteiger partial charge in [-0.1, -0.05) is 19.1 Å². The maximum atomic E-state index is 12.3. The molecule has 2 rings (SSSR count). The van der Waals surface area contributed by atoms with Crippen LogP contribution in [0.1, 0.15) is 31.7 Å². The standard InChI is InChI=1S/C16H18F3NO4/c1-2-12(13(21)22)20-14(23)15(7-8-15)9-10-3-5-11(6-4-10)24-16(17,18)19/h3-6,12H,2,7-9H2,1H3,(H,20,23)(H,21,22). The van der Waals surface area contributed by atoms with Gasteiger partial charge in [0.25, 0.3) is 0 Å². The third-order valence-electron chi connectivity index (χ3n) is 4.05. The van der Waals surface area contributed by atoms with Crippen LogP contribution in [0, 0.1) is 5.41 Å². The molecule has 0 aliphatic heterocycles. The Morgan fingerprint density at radius 1 is 1.29 bits per heavy atom. The van der Waals surface area contributed by atoms with Crippen LogP contribution >= 0.6 is 0 Å². The predicted octanol–water partition coefficient (Wildman–Crippen LogP) is 2.89. The number of carboxylic acid groups (broad SMARTS) is 1. The van der Waals surface area contributed by atoms with Gasteiger partial charge in [0.15, 0.2) is 0 Å². The molecule has 1 aliphatic carbocycles. The number of carbonyl (C=O) groups is 2. The molecule has 8 heteroatoms. The van der Waals surface area contributed by atoms with Crippen LogP contribution in [0.15, 0.2) is 24.3 Å². The highest BCUT2D eigenvalue weighted by molar-refractivity contribution is 5.89. The van der Waals surface area contributed by atoms with Gasteiger partial charge in [0.05, 0.1) is 5.41 Å². The second kappa shape index (κ2) is 6.70. The van der Waals surface area contributed by atoms with Gasteiger partial charge < -0.3 is 15.2 Å². The first-order valence-electron chi connectivity index (χ1n) is 7.54. The predicted molar refractivity (Wildman–Crippen MR) is 78.4 cm³/mol. The highest BCUT2D eigenvalue weighted by Gasteiger charge is 2.50. The van der Waals surface area contributed by atoms with Crippen molar-refractivity contribution in [2.75, 3.05) is 0 Å². The number of aliphatic carboxylic acids is 1. The summed E-state index contributed by atoms with van der Waals surface area (Å²) in [6.45, 7) is 1.66. The molecular formula is C16H18F3NO4. The second-order valence-electron chi connectivity index (χ2n) is 5.92. The number of hydrogen-bond donors (Lipinski definition) is 2. The molecule has 1 fully saturated rings. The first kappa shape index (κ1) is 18.1. The van der Waals surface area contributed by atoms with Gasteiger partial charge in [-0.15, -0.1) is 13.2 Å². The molecule has 0 heterocycles. The van der Waals surface area contributed by atoms with Crippen LogP contribution in [0.2, 0.25) is 0 Å². The van der Waals surface area contributed by atoms with Crippen molar-refractivity contribution in [2.45, 2.75) is 45.0 Å². The molecule has 1 atom stereocenters. The molecule has 5 nitrogen and oxygen atoms in total. The monoisotopic (exact) mass is 345 g/mol. The van der Waals surface area contributed by atoms with Crippen molar-refractivity contribution in [2.24, 2.45) is 5.41 Å². The van der Waals surface area contributed by atoms with Gasteiger partial charge in [-0.3, -0.25) is 4.79 Å². The van der Waals surface area contributed by atoms with Crippen molar-refractivity contribution in [3.8, 4) is 5.75 Å². The average Bonchev–Trinajstić information content (AvgIpc) is 3.25. The zero-order valence-electron chi connectivity index (χ0n) is 13.0. The molecule has 0 bridgehead atoms. The van der Waals surface area contributed by atoms with Gasteiger partial charge in [-0.05, 0) is 43.4 Å². The Kier molecular flexibility index (Phi) is 5.05. The SMILES string of the molecule is CCC(NC(=O)C1(Cc2ccc(OC(F)(F)F)cc2)CC1)C(=O)O. The minimum Gasteiger partial charge on any atom is -0.480 e. The van der Waals surface area contributed by atoms with Gasteiger partial charge in [-0.2, -0.15) is 0 Å². The maximum absolute atomic E-state index is 12.3. The number of carbonyl (C=O) groups excluding carboxylic acids is 1. The molecule has 1 saturated carbocycles. The number of carboxylic acids is 1. The number of hydrogen-bond acceptors (Lipinski definition) is 3. The summed E-state index contributed by atoms with van der Waals surface area (Å²) in [5, 5.41) is 11.5. The van der Waals surface area contributed by atoms with Crippen molar-refractivity contribution in [1.29, 1.82) is 0 Å². The van der Waals surface area contributed by atoms with E-state index in [1.165, 1.54) is 24.3 Å². The van der Waals surface area contributed by atoms with E-state index in [4.69, 9.17) is 5.11 Å². The van der Waals surface area contributed by atoms with E-state index in [-0.39, 0.29) is 18.1 Å². The summed E-state index contributed by atoms with van der Waals surface area (Å²) >= 11 is 0. The highest BCUT2D eigenvalue weighted by Crippen LogP contribution is 2.48. The molecule has 24 heavy (non-hydrogen) atoms. The van der Waals surface area contributed by atoms with Crippen LogP contribution in [0.3, 0.4) is 0 Å². The molecule has 1 unspecified atom stereocenters. The normalized spacial score (nSPS) is 17.0. The number of halogens is 3. The van der Waals surface area contributed by atoms with E-state index in [1.54, 1.807) is 6.92 Å². The van der Waals surface area contributed by atoms with E-state index in [1.807, 2.05) is 0 Å². The van der Waals surface area contributed by atoms with Crippen LogP contribution in [-0.2, 0) is 16.0 Å². The van der Waals surface area contributed by atoms with Crippen molar-refractivity contribution in [1.82, 2.24) is 5.32 Å². The zero-order valence-corrected chi connectivity index (χ0v) is 13.0. The number of alkyl halides is 3. The Morgan fingerprint density at radius 2 is 1.88 bits per heavy atom. The van der Waals surface area contributed by atoms with Gasteiger partial charge in [0.2, 0.25) is 5.91 Å². The first-order chi connectivity index (χ1) is 11.1. The van der Waals surface area contributed by atoms with Crippen molar-refractivity contribution < 1.29 is 32.6 Å². The molecule has 1 aliphatic rings. The number of rotatable bonds is 7. The number of ether oxygens (including phenoxy) is 1. The van der Waals surface area contributed by atoms with Crippen LogP contribution < -0.4 is 10.1 Å². The van der Waals surface area contributed by atoms with E-state index in [9.17, 15) is 22.8 Å². The average molecular weight is 345 g/mol. The molecule has 0 aromatic heterocycles. The largest absolute Gasteiger partial charge is 0.573 e. The lowest BCUT2D eigenvalue weighted by Gasteiger charge is -2.19. The number of amides is 1. The maximum Gasteiger partial charge on any atom is 0.573 e. The number of nitrogens with one attached hydrogen (secondary N) is 1. The van der Waals surface area contributed by atoms with E-state index in [2.05, 4.69) is 10.1 Å². The van der Waals surface area contributed by atoms with Gasteiger partial charge in [-0.25, -0.2) is 4.79 Å². The third-order valence-corrected chi connectivity index (χ3v) is 4.05. The Morgan fingerprint density at radius 3 is 2.29 bits per heavy atom. The molecule has 1 aromatic rings. The summed E-state index contributed by atoms with van der Waals surface area (Å²) in [6, 6.07) is 4.41. The molecule has 0 spiro atoms. The van der Waals surface area contributed by atoms with Gasteiger partial charge in [0, 0.05) is 0 Å². The van der Waals surface area contributed by atoms with E-state index < -0.39 is 23.8 Å². The van der Waals surface area contributed by atoms with E-state index >= 15 is 0 Å². The lowest BCUT2D eigenvalue weighted by molar-refractivity contribution is -0.274. The highest BCUT2D eigenvalue weighted by atomic mass is 19.4. The minimum absolute atomic E-state index is 0.278. The fourth-order valence-corrected chi connectivity index (χ4v) is 2.48. The topological polar surface area (TPSA) is 75.6 Å². The summed E-state index contributed by atoms with van der Waals surface area (Å²) in [6.07, 6.45) is -2.88. The lowest BCUT2D eigenvalue weighted by atomic mass is 9.95. The molecule has 2 N–H and O–H groups in total. The smallest absolute Gasteiger partial charge is 0.480 e. The fourth-order valence-electron chi connectivity index (χ4n) is 2.48. The van der Waals surface area contributed by atoms with Crippen LogP contribution in [0.5, 0.6) is 5.75 Å². The van der Waals surface area contributed by atoms with Gasteiger partial charge in [0.1, 0.15) is 11.8 Å².